The van der Waals surface area contributed by atoms with Crippen LogP contribution in [0.1, 0.15) is 56.7 Å². The van der Waals surface area contributed by atoms with Crippen molar-refractivity contribution in [2.45, 2.75) is 57.6 Å². The minimum absolute atomic E-state index is 0.278. The van der Waals surface area contributed by atoms with E-state index < -0.39 is 0 Å². The van der Waals surface area contributed by atoms with Gasteiger partial charge >= 0.3 is 0 Å². The minimum atomic E-state index is 0.278. The number of nitrogens with two attached hydrogens (primary N) is 1. The zero-order valence-electron chi connectivity index (χ0n) is 10.4. The molecule has 1 aliphatic rings. The molecular weight excluding hydrogens is 218 g/mol. The second kappa shape index (κ2) is 6.12. The molecule has 0 radical (unpaired) electrons. The second-order valence-corrected chi connectivity index (χ2v) is 4.73. The molecule has 0 aliphatic heterocycles. The molecule has 5 heteroatoms. The highest BCUT2D eigenvalue weighted by atomic mass is 16.5. The van der Waals surface area contributed by atoms with Crippen LogP contribution in [0.5, 0.6) is 0 Å². The van der Waals surface area contributed by atoms with Crippen LogP contribution in [-0.2, 0) is 11.3 Å². The van der Waals surface area contributed by atoms with Crippen molar-refractivity contribution in [1.29, 1.82) is 0 Å². The summed E-state index contributed by atoms with van der Waals surface area (Å²) in [5.74, 6) is 1.72. The predicted molar refractivity (Wildman–Crippen MR) is 63.4 cm³/mol. The molecule has 5 nitrogen and oxygen atoms in total. The summed E-state index contributed by atoms with van der Waals surface area (Å²) in [6, 6.07) is 0.278. The van der Waals surface area contributed by atoms with E-state index >= 15 is 0 Å². The molecule has 17 heavy (non-hydrogen) atoms. The first-order valence-corrected chi connectivity index (χ1v) is 6.45. The Balaban J connectivity index is 1.88. The largest absolute Gasteiger partial charge is 0.373 e. The van der Waals surface area contributed by atoms with E-state index in [1.54, 1.807) is 0 Å². The van der Waals surface area contributed by atoms with E-state index in [0.29, 0.717) is 18.3 Å². The molecule has 0 spiro atoms. The van der Waals surface area contributed by atoms with E-state index in [-0.39, 0.29) is 6.04 Å². The molecule has 0 saturated heterocycles. The molecule has 1 saturated carbocycles. The number of aromatic nitrogens is 2. The van der Waals surface area contributed by atoms with Crippen LogP contribution >= 0.6 is 0 Å². The summed E-state index contributed by atoms with van der Waals surface area (Å²) in [7, 11) is 0. The van der Waals surface area contributed by atoms with Gasteiger partial charge in [-0.25, -0.2) is 0 Å². The molecule has 0 aromatic carbocycles. The third-order valence-electron chi connectivity index (χ3n) is 3.13. The van der Waals surface area contributed by atoms with Crippen molar-refractivity contribution in [3.8, 4) is 0 Å². The summed E-state index contributed by atoms with van der Waals surface area (Å²) >= 11 is 0. The van der Waals surface area contributed by atoms with Crippen LogP contribution in [0.4, 0.5) is 0 Å². The summed E-state index contributed by atoms with van der Waals surface area (Å²) in [5, 5.41) is 3.94. The van der Waals surface area contributed by atoms with Gasteiger partial charge in [0.05, 0.1) is 0 Å². The number of hydrogen-bond acceptors (Lipinski definition) is 5. The van der Waals surface area contributed by atoms with Crippen LogP contribution in [0, 0.1) is 0 Å². The summed E-state index contributed by atoms with van der Waals surface area (Å²) in [6.07, 6.45) is 5.32. The van der Waals surface area contributed by atoms with Gasteiger partial charge in [-0.2, -0.15) is 4.98 Å². The zero-order chi connectivity index (χ0) is 12.1. The van der Waals surface area contributed by atoms with Crippen molar-refractivity contribution in [3.05, 3.63) is 11.7 Å². The molecule has 0 bridgehead atoms. The van der Waals surface area contributed by atoms with E-state index in [0.717, 1.165) is 44.6 Å². The fourth-order valence-electron chi connectivity index (χ4n) is 2.25. The van der Waals surface area contributed by atoms with E-state index in [1.165, 1.54) is 0 Å². The van der Waals surface area contributed by atoms with Gasteiger partial charge in [0.2, 0.25) is 5.89 Å². The Labute approximate surface area is 102 Å². The first-order valence-electron chi connectivity index (χ1n) is 6.45. The van der Waals surface area contributed by atoms with Crippen molar-refractivity contribution in [3.63, 3.8) is 0 Å². The zero-order valence-corrected chi connectivity index (χ0v) is 10.4. The van der Waals surface area contributed by atoms with Gasteiger partial charge < -0.3 is 15.0 Å². The van der Waals surface area contributed by atoms with Crippen LogP contribution in [0.2, 0.25) is 0 Å². The van der Waals surface area contributed by atoms with Gasteiger partial charge in [0.25, 0.3) is 0 Å². The predicted octanol–water partition coefficient (Wildman–Crippen LogP) is 1.98. The number of hydrogen-bond donors (Lipinski definition) is 1. The lowest BCUT2D eigenvalue weighted by molar-refractivity contribution is 0.114. The lowest BCUT2D eigenvalue weighted by Gasteiger charge is -2.23. The Hall–Kier alpha value is -0.940. The van der Waals surface area contributed by atoms with Gasteiger partial charge in [-0.15, -0.1) is 0 Å². The third-order valence-corrected chi connectivity index (χ3v) is 3.13. The normalized spacial score (nSPS) is 25.1. The van der Waals surface area contributed by atoms with Gasteiger partial charge in [-0.05, 0) is 25.7 Å². The van der Waals surface area contributed by atoms with Crippen molar-refractivity contribution in [1.82, 2.24) is 10.1 Å². The minimum Gasteiger partial charge on any atom is -0.373 e. The topological polar surface area (TPSA) is 74.2 Å². The number of ether oxygens (including phenoxy) is 1. The molecule has 1 aromatic heterocycles. The molecule has 2 N–H and O–H groups in total. The smallest absolute Gasteiger partial charge is 0.229 e. The van der Waals surface area contributed by atoms with Crippen LogP contribution < -0.4 is 5.73 Å². The summed E-state index contributed by atoms with van der Waals surface area (Å²) in [5.41, 5.74) is 5.95. The molecule has 1 heterocycles. The van der Waals surface area contributed by atoms with Crippen LogP contribution in [0.25, 0.3) is 0 Å². The monoisotopic (exact) mass is 239 g/mol. The fourth-order valence-corrected chi connectivity index (χ4v) is 2.25. The summed E-state index contributed by atoms with van der Waals surface area (Å²) in [6.45, 7) is 3.25. The van der Waals surface area contributed by atoms with E-state index in [4.69, 9.17) is 15.0 Å². The first-order chi connectivity index (χ1) is 8.29. The number of rotatable bonds is 5. The van der Waals surface area contributed by atoms with E-state index in [2.05, 4.69) is 17.1 Å². The SMILES string of the molecule is CCCOCc1noc(C2CCCC(N)C2)n1. The molecule has 2 rings (SSSR count). The van der Waals surface area contributed by atoms with Gasteiger partial charge in [0.15, 0.2) is 5.82 Å². The van der Waals surface area contributed by atoms with Crippen molar-refractivity contribution in [2.24, 2.45) is 5.73 Å². The molecule has 1 aromatic rings. The van der Waals surface area contributed by atoms with Crippen LogP contribution in [-0.4, -0.2) is 22.8 Å². The Morgan fingerprint density at radius 3 is 3.12 bits per heavy atom. The molecule has 1 aliphatic carbocycles. The van der Waals surface area contributed by atoms with Gasteiger partial charge in [-0.3, -0.25) is 0 Å². The lowest BCUT2D eigenvalue weighted by atomic mass is 9.86. The maximum Gasteiger partial charge on any atom is 0.229 e. The van der Waals surface area contributed by atoms with Crippen molar-refractivity contribution < 1.29 is 9.26 Å². The first kappa shape index (κ1) is 12.5. The second-order valence-electron chi connectivity index (χ2n) is 4.73. The maximum atomic E-state index is 5.95. The maximum absolute atomic E-state index is 5.95. The number of nitrogens with zero attached hydrogens (tertiary/aromatic N) is 2. The van der Waals surface area contributed by atoms with Gasteiger partial charge in [0.1, 0.15) is 6.61 Å². The van der Waals surface area contributed by atoms with Crippen molar-refractivity contribution in [2.75, 3.05) is 6.61 Å². The average Bonchev–Trinajstić information content (AvgIpc) is 2.78. The van der Waals surface area contributed by atoms with Crippen molar-refractivity contribution >= 4 is 0 Å². The molecule has 96 valence electrons. The lowest BCUT2D eigenvalue weighted by Crippen LogP contribution is -2.26. The third kappa shape index (κ3) is 3.51. The molecule has 2 unspecified atom stereocenters. The summed E-state index contributed by atoms with van der Waals surface area (Å²) < 4.78 is 10.7. The Kier molecular flexibility index (Phi) is 4.50. The Morgan fingerprint density at radius 1 is 1.47 bits per heavy atom. The average molecular weight is 239 g/mol. The van der Waals surface area contributed by atoms with Gasteiger partial charge in [-0.1, -0.05) is 18.5 Å². The Morgan fingerprint density at radius 2 is 2.35 bits per heavy atom. The quantitative estimate of drug-likeness (QED) is 0.795. The Bertz CT molecular complexity index is 340. The fraction of sp³-hybridized carbons (Fsp3) is 0.833. The highest BCUT2D eigenvalue weighted by molar-refractivity contribution is 4.97. The highest BCUT2D eigenvalue weighted by Gasteiger charge is 2.25. The molecule has 0 amide bonds. The van der Waals surface area contributed by atoms with E-state index in [9.17, 15) is 0 Å². The molecule has 1 fully saturated rings. The standard InChI is InChI=1S/C12H21N3O2/c1-2-6-16-8-11-14-12(17-15-11)9-4-3-5-10(13)7-9/h9-10H,2-8,13H2,1H3. The van der Waals surface area contributed by atoms with E-state index in [1.807, 2.05) is 0 Å². The molecule has 2 atom stereocenters. The van der Waals surface area contributed by atoms with Gasteiger partial charge in [0, 0.05) is 18.6 Å². The van der Waals surface area contributed by atoms with Crippen LogP contribution in [0.15, 0.2) is 4.52 Å². The summed E-state index contributed by atoms with van der Waals surface area (Å²) in [4.78, 5) is 4.38. The van der Waals surface area contributed by atoms with Crippen LogP contribution in [0.3, 0.4) is 0 Å². The highest BCUT2D eigenvalue weighted by Crippen LogP contribution is 2.30. The molecular formula is C12H21N3O2.